The Hall–Kier alpha value is -3.35. The van der Waals surface area contributed by atoms with Gasteiger partial charge in [0.1, 0.15) is 17.8 Å². The number of ketones is 2. The van der Waals surface area contributed by atoms with Crippen LogP contribution in [0.2, 0.25) is 0 Å². The van der Waals surface area contributed by atoms with E-state index >= 15 is 0 Å². The number of hydrogen-bond acceptors (Lipinski definition) is 9. The van der Waals surface area contributed by atoms with Crippen LogP contribution in [0.1, 0.15) is 69.3 Å². The Labute approximate surface area is 236 Å². The first-order valence-corrected chi connectivity index (χ1v) is 13.7. The molecule has 0 bridgehead atoms. The summed E-state index contributed by atoms with van der Waals surface area (Å²) in [5.41, 5.74) is 0.585. The lowest BCUT2D eigenvalue weighted by molar-refractivity contribution is -0.265. The van der Waals surface area contributed by atoms with Gasteiger partial charge in [-0.25, -0.2) is 0 Å². The third-order valence-electron chi connectivity index (χ3n) is 9.72. The maximum Gasteiger partial charge on any atom is 0.303 e. The van der Waals surface area contributed by atoms with E-state index in [9.17, 15) is 44.4 Å². The summed E-state index contributed by atoms with van der Waals surface area (Å²) in [7, 11) is 0. The molecule has 2 amide bonds. The van der Waals surface area contributed by atoms with Crippen LogP contribution in [0.5, 0.6) is 5.75 Å². The number of aromatic hydroxyl groups is 1. The van der Waals surface area contributed by atoms with Crippen LogP contribution >= 0.6 is 0 Å². The molecule has 41 heavy (non-hydrogen) atoms. The lowest BCUT2D eigenvalue weighted by Crippen LogP contribution is -2.79. The Morgan fingerprint density at radius 2 is 1.76 bits per heavy atom. The van der Waals surface area contributed by atoms with E-state index in [1.54, 1.807) is 33.8 Å². The van der Waals surface area contributed by atoms with E-state index in [0.717, 1.165) is 0 Å². The number of fused-ring (bicyclic) bond motifs is 3. The highest BCUT2D eigenvalue weighted by molar-refractivity contribution is 6.10. The Balaban J connectivity index is 1.78. The van der Waals surface area contributed by atoms with Crippen molar-refractivity contribution in [3.05, 3.63) is 23.3 Å². The average molecular weight is 575 g/mol. The van der Waals surface area contributed by atoms with Gasteiger partial charge in [-0.3, -0.25) is 24.0 Å². The van der Waals surface area contributed by atoms with Gasteiger partial charge in [-0.15, -0.1) is 0 Å². The number of rotatable bonds is 7. The van der Waals surface area contributed by atoms with Gasteiger partial charge in [0.15, 0.2) is 17.2 Å². The second kappa shape index (κ2) is 10.2. The first-order chi connectivity index (χ1) is 18.9. The number of carbonyl (C=O) groups is 5. The minimum Gasteiger partial charge on any atom is -0.505 e. The number of phenols is 1. The molecule has 2 fully saturated rings. The van der Waals surface area contributed by atoms with Crippen LogP contribution in [0.15, 0.2) is 12.1 Å². The largest absolute Gasteiger partial charge is 0.505 e. The predicted octanol–water partition coefficient (Wildman–Crippen LogP) is 0.766. The number of aliphatic hydroxyl groups is 3. The number of amides is 2. The van der Waals surface area contributed by atoms with Gasteiger partial charge in [0, 0.05) is 18.3 Å². The van der Waals surface area contributed by atoms with Gasteiger partial charge in [-0.2, -0.15) is 0 Å². The van der Waals surface area contributed by atoms with E-state index < -0.39 is 81.5 Å². The molecule has 4 rings (SSSR count). The fourth-order valence-corrected chi connectivity index (χ4v) is 8.24. The normalized spacial score (nSPS) is 36.2. The Morgan fingerprint density at radius 1 is 1.12 bits per heavy atom. The van der Waals surface area contributed by atoms with E-state index in [1.165, 1.54) is 6.07 Å². The number of phenolic OH excluding ortho intramolecular Hbond substituents is 1. The number of aliphatic hydroxyl groups excluding tert-OH is 2. The molecule has 224 valence electrons. The molecule has 8 N–H and O–H groups in total. The number of nitrogens with two attached hydrogens (primary N) is 1. The van der Waals surface area contributed by atoms with Gasteiger partial charge in [0.05, 0.1) is 23.3 Å². The molecule has 3 aliphatic carbocycles. The summed E-state index contributed by atoms with van der Waals surface area (Å²) in [5, 5.41) is 57.3. The standard InChI is InChI=1S/C29H38N2O10/c1-12(2)19-23(37)18(26(30)40)24(38)29(41)25(39)20-22(36)17-13(10-27(20,3)11-28(19,29)4)8-9-14(21(17)35)31-15(32)6-5-7-16(33)34/h8-9,12,18-20,23,25,35,37,39,41H,5-7,10-11H2,1-4H3,(H2,30,40)(H,31,32)(H,33,34)/t18-,19+,20-,23?,25?,27-,28-,29+/m1/s1. The summed E-state index contributed by atoms with van der Waals surface area (Å²) < 4.78 is 0. The van der Waals surface area contributed by atoms with Gasteiger partial charge < -0.3 is 36.6 Å². The second-order valence-corrected chi connectivity index (χ2v) is 12.8. The molecule has 0 saturated heterocycles. The van der Waals surface area contributed by atoms with E-state index in [2.05, 4.69) is 5.32 Å². The fourth-order valence-electron chi connectivity index (χ4n) is 8.24. The maximum absolute atomic E-state index is 14.0. The third kappa shape index (κ3) is 4.43. The number of aliphatic carboxylic acids is 1. The van der Waals surface area contributed by atoms with Crippen molar-refractivity contribution < 1.29 is 49.5 Å². The summed E-state index contributed by atoms with van der Waals surface area (Å²) in [6, 6.07) is 3.00. The van der Waals surface area contributed by atoms with Crippen LogP contribution in [-0.2, 0) is 25.6 Å². The minimum absolute atomic E-state index is 0.0311. The molecule has 2 unspecified atom stereocenters. The predicted molar refractivity (Wildman–Crippen MR) is 144 cm³/mol. The number of primary amides is 1. The molecule has 0 heterocycles. The van der Waals surface area contributed by atoms with Crippen LogP contribution in [0.3, 0.4) is 0 Å². The van der Waals surface area contributed by atoms with E-state index in [0.29, 0.717) is 5.56 Å². The highest BCUT2D eigenvalue weighted by atomic mass is 16.4. The second-order valence-electron chi connectivity index (χ2n) is 12.8. The Kier molecular flexibility index (Phi) is 7.60. The molecule has 0 aromatic heterocycles. The number of carboxylic acids is 1. The highest BCUT2D eigenvalue weighted by Crippen LogP contribution is 2.65. The lowest BCUT2D eigenvalue weighted by atomic mass is 9.39. The summed E-state index contributed by atoms with van der Waals surface area (Å²) in [6.07, 6.45) is -3.58. The first-order valence-electron chi connectivity index (χ1n) is 13.7. The van der Waals surface area contributed by atoms with Gasteiger partial charge in [-0.1, -0.05) is 33.8 Å². The molecular weight excluding hydrogens is 536 g/mol. The third-order valence-corrected chi connectivity index (χ3v) is 9.72. The molecule has 12 nitrogen and oxygen atoms in total. The van der Waals surface area contributed by atoms with Crippen molar-refractivity contribution in [3.8, 4) is 5.75 Å². The highest BCUT2D eigenvalue weighted by Gasteiger charge is 2.75. The zero-order valence-electron chi connectivity index (χ0n) is 23.5. The van der Waals surface area contributed by atoms with Crippen LogP contribution in [0, 0.1) is 34.5 Å². The summed E-state index contributed by atoms with van der Waals surface area (Å²) in [4.78, 5) is 63.1. The minimum atomic E-state index is -2.61. The van der Waals surface area contributed by atoms with Gasteiger partial charge >= 0.3 is 5.97 Å². The number of anilines is 1. The molecule has 0 radical (unpaired) electrons. The van der Waals surface area contributed by atoms with Crippen molar-refractivity contribution in [2.45, 2.75) is 77.6 Å². The number of carbonyl (C=O) groups excluding carboxylic acids is 4. The smallest absolute Gasteiger partial charge is 0.303 e. The number of carboxylic acid groups (broad SMARTS) is 1. The lowest BCUT2D eigenvalue weighted by Gasteiger charge is -2.66. The van der Waals surface area contributed by atoms with Crippen molar-refractivity contribution >= 4 is 35.0 Å². The topological polar surface area (TPSA) is 225 Å². The molecule has 8 atom stereocenters. The zero-order valence-corrected chi connectivity index (χ0v) is 23.5. The van der Waals surface area contributed by atoms with Crippen molar-refractivity contribution in [2.75, 3.05) is 5.32 Å². The van der Waals surface area contributed by atoms with Crippen molar-refractivity contribution in [1.82, 2.24) is 0 Å². The van der Waals surface area contributed by atoms with Crippen LogP contribution in [0.4, 0.5) is 5.69 Å². The van der Waals surface area contributed by atoms with E-state index in [-0.39, 0.29) is 49.3 Å². The SMILES string of the molecule is CC(C)[C@H]1C(O)[C@@H](C(N)=O)C(=O)[C@]2(O)C(O)[C@H]3C(=O)c4c(ccc(NC(=O)CCCC(=O)O)c4O)C[C@]3(C)C[C@]12C. The van der Waals surface area contributed by atoms with Crippen molar-refractivity contribution in [2.24, 2.45) is 40.2 Å². The van der Waals surface area contributed by atoms with Gasteiger partial charge in [0.25, 0.3) is 0 Å². The molecule has 2 saturated carbocycles. The molecule has 3 aliphatic rings. The van der Waals surface area contributed by atoms with Crippen molar-refractivity contribution in [1.29, 1.82) is 0 Å². The quantitative estimate of drug-likeness (QED) is 0.179. The molecule has 1 aromatic rings. The fraction of sp³-hybridized carbons (Fsp3) is 0.621. The monoisotopic (exact) mass is 574 g/mol. The molecule has 1 aromatic carbocycles. The van der Waals surface area contributed by atoms with E-state index in [4.69, 9.17) is 10.8 Å². The maximum atomic E-state index is 14.0. The summed E-state index contributed by atoms with van der Waals surface area (Å²) in [6.45, 7) is 6.87. The van der Waals surface area contributed by atoms with Gasteiger partial charge in [-0.05, 0) is 48.1 Å². The van der Waals surface area contributed by atoms with Crippen molar-refractivity contribution in [3.63, 3.8) is 0 Å². The van der Waals surface area contributed by atoms with E-state index in [1.807, 2.05) is 0 Å². The number of nitrogens with one attached hydrogen (secondary N) is 1. The average Bonchev–Trinajstić information content (AvgIpc) is 2.82. The summed E-state index contributed by atoms with van der Waals surface area (Å²) in [5.74, 6) is -9.55. The molecule has 0 aliphatic heterocycles. The Morgan fingerprint density at radius 3 is 2.32 bits per heavy atom. The van der Waals surface area contributed by atoms with Gasteiger partial charge in [0.2, 0.25) is 11.8 Å². The number of hydrogen-bond donors (Lipinski definition) is 7. The first kappa shape index (κ1) is 30.6. The molecule has 12 heteroatoms. The molecule has 0 spiro atoms. The van der Waals surface area contributed by atoms with Crippen LogP contribution < -0.4 is 11.1 Å². The zero-order chi connectivity index (χ0) is 30.8. The Bertz CT molecular complexity index is 1330. The van der Waals surface area contributed by atoms with Crippen LogP contribution in [-0.4, -0.2) is 72.7 Å². The van der Waals surface area contributed by atoms with Crippen LogP contribution in [0.25, 0.3) is 0 Å². The molecular formula is C29H38N2O10. The summed E-state index contributed by atoms with van der Waals surface area (Å²) >= 11 is 0. The number of benzene rings is 1. The number of Topliss-reactive ketones (excluding diaryl/α,β-unsaturated/α-hetero) is 2.